The van der Waals surface area contributed by atoms with Gasteiger partial charge in [-0.25, -0.2) is 28.7 Å². The van der Waals surface area contributed by atoms with E-state index >= 15 is 8.78 Å². The molecule has 6 N–H and O–H groups in total. The van der Waals surface area contributed by atoms with Gasteiger partial charge in [0.05, 0.1) is 19.3 Å². The van der Waals surface area contributed by atoms with E-state index in [-0.39, 0.29) is 34.1 Å². The fourth-order valence-corrected chi connectivity index (χ4v) is 7.33. The van der Waals surface area contributed by atoms with Crippen molar-refractivity contribution in [2.75, 3.05) is 24.7 Å². The fourth-order valence-electron chi connectivity index (χ4n) is 5.15. The Morgan fingerprint density at radius 2 is 1.73 bits per heavy atom. The van der Waals surface area contributed by atoms with Crippen molar-refractivity contribution in [3.8, 4) is 0 Å². The minimum atomic E-state index is -4.29. The maximum Gasteiger partial charge on any atom is 0.698 e. The molecule has 3 fully saturated rings. The number of nitrogens with one attached hydrogen (secondary N) is 1. The van der Waals surface area contributed by atoms with Crippen molar-refractivity contribution in [1.82, 2.24) is 39.0 Å². The van der Waals surface area contributed by atoms with Gasteiger partial charge in [0.15, 0.2) is 53.5 Å². The standard InChI is InChI=1S/C20H20F2N10O9P2S/c21-8-6-2-37-43(35,44)41-12-7(39-18(9(12)22)31-4-27-10-14(23)25-3-26-15(10)31)1-36-42(34)40-13(8)19(38-6)32-5-28-11-16(32)29-20(24)30-17(11)33/h3-9,12-13,18-19H,1-2H2,(H5-,23,24,25,26,29,30,33,35,44)/p+1/t6-,7-,8-,9-,12-,13-,18-,19-,43?/m1/s1. The van der Waals surface area contributed by atoms with Crippen LogP contribution in [0.4, 0.5) is 20.5 Å². The Balaban J connectivity index is 1.18. The number of halogens is 2. The Morgan fingerprint density at radius 3 is 2.52 bits per heavy atom. The number of nitrogens with two attached hydrogens (primary N) is 2. The molecule has 0 saturated carbocycles. The molecular formula is C20H21F2N10O9P2S+. The van der Waals surface area contributed by atoms with Crippen molar-refractivity contribution in [2.24, 2.45) is 0 Å². The number of nitrogen functional groups attached to an aromatic ring is 2. The molecule has 19 nitrogen and oxygen atoms in total. The summed E-state index contributed by atoms with van der Waals surface area (Å²) < 4.78 is 80.2. The number of alkyl halides is 2. The van der Waals surface area contributed by atoms with Crippen LogP contribution in [0.25, 0.3) is 22.3 Å². The van der Waals surface area contributed by atoms with Crippen LogP contribution in [0.2, 0.25) is 0 Å². The summed E-state index contributed by atoms with van der Waals surface area (Å²) in [6.07, 6.45) is -9.38. The Bertz CT molecular complexity index is 1880. The van der Waals surface area contributed by atoms with Crippen molar-refractivity contribution in [3.63, 3.8) is 0 Å². The molecule has 7 rings (SSSR count). The van der Waals surface area contributed by atoms with Crippen LogP contribution in [0.1, 0.15) is 12.5 Å². The minimum Gasteiger partial charge on any atom is -0.382 e. The van der Waals surface area contributed by atoms with E-state index in [0.29, 0.717) is 0 Å². The average Bonchev–Trinajstić information content (AvgIpc) is 3.72. The molecule has 44 heavy (non-hydrogen) atoms. The van der Waals surface area contributed by atoms with Gasteiger partial charge >= 0.3 is 15.0 Å². The summed E-state index contributed by atoms with van der Waals surface area (Å²) in [4.78, 5) is 45.4. The Kier molecular flexibility index (Phi) is 7.40. The number of hydrogen-bond acceptors (Lipinski definition) is 16. The van der Waals surface area contributed by atoms with Gasteiger partial charge in [0.2, 0.25) is 5.95 Å². The average molecular weight is 677 g/mol. The summed E-state index contributed by atoms with van der Waals surface area (Å²) in [6, 6.07) is 0. The molecule has 4 aromatic heterocycles. The number of fused-ring (bicyclic) bond motifs is 5. The predicted octanol–water partition coefficient (Wildman–Crippen LogP) is 0.286. The molecule has 0 aromatic carbocycles. The van der Waals surface area contributed by atoms with Gasteiger partial charge in [-0.05, 0) is 11.8 Å². The van der Waals surface area contributed by atoms with Crippen LogP contribution >= 0.6 is 15.0 Å². The van der Waals surface area contributed by atoms with Crippen LogP contribution in [0.5, 0.6) is 0 Å². The van der Waals surface area contributed by atoms with Gasteiger partial charge in [-0.15, -0.1) is 9.05 Å². The highest BCUT2D eigenvalue weighted by atomic mass is 32.5. The zero-order valence-electron chi connectivity index (χ0n) is 21.8. The van der Waals surface area contributed by atoms with Crippen LogP contribution in [0, 0.1) is 0 Å². The van der Waals surface area contributed by atoms with E-state index in [1.807, 2.05) is 0 Å². The SMILES string of the molecule is Nc1nc2c(ncn2[C@@H]2O[C@@H]3COP(O)(=S)O[C@H]4[C@@H](F)[C@H](n5cnc6c(N)ncnc65)O[C@@H]4CO[P+](=O)O[C@@H]2[C@@H]3F)c(=O)[nH]1. The monoisotopic (exact) mass is 677 g/mol. The van der Waals surface area contributed by atoms with Gasteiger partial charge in [0, 0.05) is 4.57 Å². The van der Waals surface area contributed by atoms with Crippen LogP contribution in [-0.4, -0.2) is 93.9 Å². The van der Waals surface area contributed by atoms with Gasteiger partial charge in [0.25, 0.3) is 5.56 Å². The second-order valence-electron chi connectivity index (χ2n) is 9.80. The van der Waals surface area contributed by atoms with Gasteiger partial charge in [0.1, 0.15) is 36.8 Å². The molecule has 2 bridgehead atoms. The van der Waals surface area contributed by atoms with Crippen molar-refractivity contribution in [3.05, 3.63) is 29.3 Å². The van der Waals surface area contributed by atoms with Crippen molar-refractivity contribution >= 4 is 60.9 Å². The summed E-state index contributed by atoms with van der Waals surface area (Å²) in [6.45, 7) is -5.59. The van der Waals surface area contributed by atoms with E-state index < -0.39 is 83.0 Å². The lowest BCUT2D eigenvalue weighted by atomic mass is 10.1. The van der Waals surface area contributed by atoms with E-state index in [9.17, 15) is 14.3 Å². The summed E-state index contributed by atoms with van der Waals surface area (Å²) in [5.74, 6) is -0.199. The maximum absolute atomic E-state index is 15.9. The lowest BCUT2D eigenvalue weighted by Gasteiger charge is -2.25. The van der Waals surface area contributed by atoms with E-state index in [1.165, 1.54) is 15.5 Å². The van der Waals surface area contributed by atoms with Gasteiger partial charge in [-0.3, -0.25) is 23.4 Å². The molecular weight excluding hydrogens is 656 g/mol. The van der Waals surface area contributed by atoms with Crippen molar-refractivity contribution in [2.45, 2.75) is 49.2 Å². The molecule has 234 valence electrons. The molecule has 0 radical (unpaired) electrons. The summed E-state index contributed by atoms with van der Waals surface area (Å²) >= 11 is 5.10. The Hall–Kier alpha value is -3.17. The molecule has 0 amide bonds. The molecule has 3 aliphatic heterocycles. The van der Waals surface area contributed by atoms with Gasteiger partial charge < -0.3 is 30.4 Å². The first-order chi connectivity index (χ1) is 21.0. The molecule has 3 saturated heterocycles. The predicted molar refractivity (Wildman–Crippen MR) is 146 cm³/mol. The number of aromatic amines is 1. The second kappa shape index (κ2) is 11.0. The molecule has 0 aliphatic carbocycles. The third-order valence-electron chi connectivity index (χ3n) is 7.13. The van der Waals surface area contributed by atoms with E-state index in [0.717, 1.165) is 12.7 Å². The summed E-state index contributed by atoms with van der Waals surface area (Å²) in [7, 11) is -3.10. The third kappa shape index (κ3) is 5.06. The van der Waals surface area contributed by atoms with Crippen molar-refractivity contribution < 1.29 is 45.8 Å². The second-order valence-corrected chi connectivity index (χ2v) is 13.5. The lowest BCUT2D eigenvalue weighted by molar-refractivity contribution is -0.0573. The quantitative estimate of drug-likeness (QED) is 0.208. The number of ether oxygens (including phenoxy) is 2. The van der Waals surface area contributed by atoms with Crippen LogP contribution in [-0.2, 0) is 43.9 Å². The van der Waals surface area contributed by atoms with Crippen LogP contribution in [0.3, 0.4) is 0 Å². The molecule has 0 spiro atoms. The largest absolute Gasteiger partial charge is 0.698 e. The number of hydrogen-bond donors (Lipinski definition) is 4. The number of nitrogens with zero attached hydrogens (tertiary/aromatic N) is 7. The zero-order valence-corrected chi connectivity index (χ0v) is 24.4. The van der Waals surface area contributed by atoms with Gasteiger partial charge in [-0.2, -0.15) is 4.98 Å². The minimum absolute atomic E-state index is 0.0498. The zero-order chi connectivity index (χ0) is 30.9. The molecule has 7 heterocycles. The highest BCUT2D eigenvalue weighted by Crippen LogP contribution is 2.51. The normalized spacial score (nSPS) is 35.8. The topological polar surface area (TPSA) is 252 Å². The third-order valence-corrected chi connectivity index (χ3v) is 9.46. The first-order valence-corrected chi connectivity index (χ1v) is 16.4. The van der Waals surface area contributed by atoms with Crippen molar-refractivity contribution in [1.29, 1.82) is 0 Å². The van der Waals surface area contributed by atoms with E-state index in [2.05, 4.69) is 29.9 Å². The highest BCUT2D eigenvalue weighted by molar-refractivity contribution is 8.07. The number of anilines is 2. The first-order valence-electron chi connectivity index (χ1n) is 12.7. The summed E-state index contributed by atoms with van der Waals surface area (Å²) in [5, 5.41) is 0. The van der Waals surface area contributed by atoms with E-state index in [1.54, 1.807) is 0 Å². The Morgan fingerprint density at radius 1 is 1.00 bits per heavy atom. The number of H-pyrrole nitrogens is 1. The molecule has 3 aliphatic rings. The number of imidazole rings is 2. The molecule has 2 unspecified atom stereocenters. The first kappa shape index (κ1) is 29.5. The van der Waals surface area contributed by atoms with Gasteiger partial charge in [-0.1, -0.05) is 0 Å². The molecule has 10 atom stereocenters. The molecule has 24 heteroatoms. The highest BCUT2D eigenvalue weighted by Gasteiger charge is 2.55. The lowest BCUT2D eigenvalue weighted by Crippen LogP contribution is -2.34. The smallest absolute Gasteiger partial charge is 0.382 e. The number of aromatic nitrogens is 8. The van der Waals surface area contributed by atoms with Crippen LogP contribution in [0.15, 0.2) is 23.8 Å². The molecule has 4 aromatic rings. The van der Waals surface area contributed by atoms with Crippen LogP contribution < -0.4 is 17.0 Å². The number of rotatable bonds is 2. The fraction of sp³-hybridized carbons (Fsp3) is 0.500. The van der Waals surface area contributed by atoms with E-state index in [4.69, 9.17) is 50.8 Å². The maximum atomic E-state index is 15.9. The Labute approximate surface area is 249 Å². The summed E-state index contributed by atoms with van der Waals surface area (Å²) in [5.41, 5.74) is 11.0.